The first-order valence-electron chi connectivity index (χ1n) is 9.00. The Balaban J connectivity index is 1.82. The Morgan fingerprint density at radius 1 is 1.10 bits per heavy atom. The van der Waals surface area contributed by atoms with Gasteiger partial charge in [-0.3, -0.25) is 14.9 Å². The quantitative estimate of drug-likeness (QED) is 0.558. The Morgan fingerprint density at radius 2 is 1.86 bits per heavy atom. The predicted molar refractivity (Wildman–Crippen MR) is 104 cm³/mol. The first kappa shape index (κ1) is 20.9. The van der Waals surface area contributed by atoms with E-state index in [4.69, 9.17) is 0 Å². The number of hydrogen-bond donors (Lipinski definition) is 0. The zero-order valence-corrected chi connectivity index (χ0v) is 16.6. The van der Waals surface area contributed by atoms with E-state index in [0.29, 0.717) is 18.5 Å². The van der Waals surface area contributed by atoms with E-state index in [-0.39, 0.29) is 36.0 Å². The molecule has 0 unspecified atom stereocenters. The molecule has 0 radical (unpaired) electrons. The Hall–Kier alpha value is -2.85. The summed E-state index contributed by atoms with van der Waals surface area (Å²) in [6, 6.07) is 9.29. The van der Waals surface area contributed by atoms with Crippen LogP contribution in [0.3, 0.4) is 0 Å². The maximum Gasteiger partial charge on any atom is 0.289 e. The van der Waals surface area contributed by atoms with E-state index in [9.17, 15) is 27.7 Å². The summed E-state index contributed by atoms with van der Waals surface area (Å²) in [6.07, 6.45) is 0.361. The third-order valence-corrected chi connectivity index (χ3v) is 6.69. The zero-order valence-electron chi connectivity index (χ0n) is 15.7. The predicted octanol–water partition coefficient (Wildman–Crippen LogP) is 2.58. The monoisotopic (exact) mass is 421 g/mol. The minimum Gasteiger partial charge on any atom is -0.337 e. The average molecular weight is 421 g/mol. The number of hydrogen-bond acceptors (Lipinski definition) is 5. The molecule has 0 aromatic heterocycles. The lowest BCUT2D eigenvalue weighted by molar-refractivity contribution is -0.387. The smallest absolute Gasteiger partial charge is 0.289 e. The second kappa shape index (κ2) is 8.26. The lowest BCUT2D eigenvalue weighted by Gasteiger charge is -2.22. The van der Waals surface area contributed by atoms with Gasteiger partial charge in [-0.05, 0) is 43.2 Å². The number of carbonyl (C=O) groups excluding carboxylic acids is 1. The molecule has 2 aromatic carbocycles. The van der Waals surface area contributed by atoms with E-state index >= 15 is 0 Å². The summed E-state index contributed by atoms with van der Waals surface area (Å²) >= 11 is 0. The molecule has 154 valence electrons. The molecule has 10 heteroatoms. The van der Waals surface area contributed by atoms with E-state index < -0.39 is 26.5 Å². The molecule has 1 aliphatic heterocycles. The molecule has 2 aromatic rings. The van der Waals surface area contributed by atoms with Crippen LogP contribution in [-0.2, 0) is 10.0 Å². The second-order valence-electron chi connectivity index (χ2n) is 6.79. The number of halogens is 1. The molecule has 0 aliphatic carbocycles. The molecule has 1 fully saturated rings. The molecule has 0 atom stereocenters. The van der Waals surface area contributed by atoms with Crippen molar-refractivity contribution in [3.8, 4) is 0 Å². The normalized spacial score (nSPS) is 15.7. The van der Waals surface area contributed by atoms with Crippen LogP contribution in [0, 0.1) is 22.9 Å². The number of nitrogens with zero attached hydrogens (tertiary/aromatic N) is 3. The summed E-state index contributed by atoms with van der Waals surface area (Å²) in [4.78, 5) is 24.3. The van der Waals surface area contributed by atoms with Crippen molar-refractivity contribution in [3.05, 3.63) is 69.5 Å². The van der Waals surface area contributed by atoms with Gasteiger partial charge < -0.3 is 4.90 Å². The second-order valence-corrected chi connectivity index (χ2v) is 8.69. The SMILES string of the molecule is Cc1ccc(S(=O)(=O)N2CCCN(C(=O)c3cccc(F)c3)CC2)c([N+](=O)[O-])c1. The maximum absolute atomic E-state index is 13.4. The molecule has 29 heavy (non-hydrogen) atoms. The molecule has 1 aliphatic rings. The Labute approximate surface area is 167 Å². The summed E-state index contributed by atoms with van der Waals surface area (Å²) in [7, 11) is -4.10. The van der Waals surface area contributed by atoms with Gasteiger partial charge in [0, 0.05) is 37.8 Å². The summed E-state index contributed by atoms with van der Waals surface area (Å²) in [5.74, 6) is -0.911. The van der Waals surface area contributed by atoms with Crippen LogP contribution in [0.25, 0.3) is 0 Å². The lowest BCUT2D eigenvalue weighted by Crippen LogP contribution is -2.37. The molecule has 0 saturated carbocycles. The minimum absolute atomic E-state index is 0.00554. The van der Waals surface area contributed by atoms with Gasteiger partial charge in [0.25, 0.3) is 11.6 Å². The van der Waals surface area contributed by atoms with Gasteiger partial charge >= 0.3 is 0 Å². The van der Waals surface area contributed by atoms with E-state index in [1.165, 1.54) is 41.3 Å². The van der Waals surface area contributed by atoms with Crippen LogP contribution in [0.5, 0.6) is 0 Å². The topological polar surface area (TPSA) is 101 Å². The van der Waals surface area contributed by atoms with Crippen molar-refractivity contribution in [2.45, 2.75) is 18.2 Å². The average Bonchev–Trinajstić information content (AvgIpc) is 2.94. The Morgan fingerprint density at radius 3 is 2.55 bits per heavy atom. The van der Waals surface area contributed by atoms with Gasteiger partial charge in [-0.2, -0.15) is 4.31 Å². The first-order chi connectivity index (χ1) is 13.7. The van der Waals surface area contributed by atoms with Crippen molar-refractivity contribution in [1.29, 1.82) is 0 Å². The van der Waals surface area contributed by atoms with Gasteiger partial charge in [-0.1, -0.05) is 12.1 Å². The van der Waals surface area contributed by atoms with Gasteiger partial charge in [0.2, 0.25) is 10.0 Å². The van der Waals surface area contributed by atoms with Crippen molar-refractivity contribution in [3.63, 3.8) is 0 Å². The molecular formula is C19H20FN3O5S. The number of carbonyl (C=O) groups is 1. The highest BCUT2D eigenvalue weighted by atomic mass is 32.2. The fourth-order valence-corrected chi connectivity index (χ4v) is 4.88. The van der Waals surface area contributed by atoms with Crippen LogP contribution in [-0.4, -0.2) is 54.6 Å². The number of sulfonamides is 1. The summed E-state index contributed by atoms with van der Waals surface area (Å²) in [6.45, 7) is 2.17. The highest BCUT2D eigenvalue weighted by Gasteiger charge is 2.33. The van der Waals surface area contributed by atoms with Crippen molar-refractivity contribution < 1.29 is 22.5 Å². The Bertz CT molecular complexity index is 1060. The lowest BCUT2D eigenvalue weighted by atomic mass is 10.2. The fourth-order valence-electron chi connectivity index (χ4n) is 3.27. The van der Waals surface area contributed by atoms with Crippen LogP contribution in [0.2, 0.25) is 0 Å². The van der Waals surface area contributed by atoms with Crippen LogP contribution >= 0.6 is 0 Å². The van der Waals surface area contributed by atoms with E-state index in [2.05, 4.69) is 0 Å². The van der Waals surface area contributed by atoms with Crippen molar-refractivity contribution in [2.75, 3.05) is 26.2 Å². The van der Waals surface area contributed by atoms with Gasteiger partial charge in [0.05, 0.1) is 4.92 Å². The summed E-state index contributed by atoms with van der Waals surface area (Å²) < 4.78 is 40.6. The number of nitro groups is 1. The first-order valence-corrected chi connectivity index (χ1v) is 10.4. The highest BCUT2D eigenvalue weighted by molar-refractivity contribution is 7.89. The fraction of sp³-hybridized carbons (Fsp3) is 0.316. The third-order valence-electron chi connectivity index (χ3n) is 4.74. The van der Waals surface area contributed by atoms with Crippen molar-refractivity contribution in [2.24, 2.45) is 0 Å². The standard InChI is InChI=1S/C19H20FN3O5S/c1-14-6-7-18(17(12-14)23(25)26)29(27,28)22-9-3-8-21(10-11-22)19(24)15-4-2-5-16(20)13-15/h2,4-7,12-13H,3,8-11H2,1H3. The Kier molecular flexibility index (Phi) is 5.94. The summed E-state index contributed by atoms with van der Waals surface area (Å²) in [5, 5.41) is 11.3. The molecule has 0 N–H and O–H groups in total. The van der Waals surface area contributed by atoms with Crippen LogP contribution in [0.4, 0.5) is 10.1 Å². The number of rotatable bonds is 4. The molecule has 3 rings (SSSR count). The van der Waals surface area contributed by atoms with E-state index in [1.54, 1.807) is 6.92 Å². The van der Waals surface area contributed by atoms with Crippen molar-refractivity contribution in [1.82, 2.24) is 9.21 Å². The largest absolute Gasteiger partial charge is 0.337 e. The number of nitro benzene ring substituents is 1. The van der Waals surface area contributed by atoms with Gasteiger partial charge in [0.15, 0.2) is 4.90 Å². The molecule has 1 saturated heterocycles. The van der Waals surface area contributed by atoms with Crippen LogP contribution < -0.4 is 0 Å². The third kappa shape index (κ3) is 4.43. The molecule has 1 amide bonds. The molecular weight excluding hydrogens is 401 g/mol. The molecule has 0 bridgehead atoms. The van der Waals surface area contributed by atoms with Crippen LogP contribution in [0.15, 0.2) is 47.4 Å². The number of aryl methyl sites for hydroxylation is 1. The van der Waals surface area contributed by atoms with Gasteiger partial charge in [-0.25, -0.2) is 12.8 Å². The number of benzene rings is 2. The van der Waals surface area contributed by atoms with Gasteiger partial charge in [0.1, 0.15) is 5.82 Å². The van der Waals surface area contributed by atoms with Gasteiger partial charge in [-0.15, -0.1) is 0 Å². The number of amides is 1. The van der Waals surface area contributed by atoms with Crippen LogP contribution in [0.1, 0.15) is 22.3 Å². The minimum atomic E-state index is -4.10. The molecule has 8 nitrogen and oxygen atoms in total. The molecule has 0 spiro atoms. The van der Waals surface area contributed by atoms with Crippen molar-refractivity contribution >= 4 is 21.6 Å². The van der Waals surface area contributed by atoms with E-state index in [1.807, 2.05) is 0 Å². The zero-order chi connectivity index (χ0) is 21.2. The summed E-state index contributed by atoms with van der Waals surface area (Å²) in [5.41, 5.74) is 0.302. The highest BCUT2D eigenvalue weighted by Crippen LogP contribution is 2.28. The molecule has 1 heterocycles. The van der Waals surface area contributed by atoms with E-state index in [0.717, 1.165) is 10.4 Å². The maximum atomic E-state index is 13.4.